The predicted molar refractivity (Wildman–Crippen MR) is 99.9 cm³/mol. The highest BCUT2D eigenvalue weighted by atomic mass is 16.6. The van der Waals surface area contributed by atoms with Crippen molar-refractivity contribution in [2.24, 2.45) is 0 Å². The van der Waals surface area contributed by atoms with Crippen LogP contribution in [-0.2, 0) is 0 Å². The average molecular weight is 358 g/mol. The Morgan fingerprint density at radius 2 is 1.88 bits per heavy atom. The molecule has 2 aromatic rings. The molecule has 0 bridgehead atoms. The molecule has 0 saturated heterocycles. The molecular weight excluding hydrogens is 336 g/mol. The van der Waals surface area contributed by atoms with E-state index >= 15 is 0 Å². The molecule has 1 aromatic heterocycles. The lowest BCUT2D eigenvalue weighted by molar-refractivity contribution is -0.384. The Balaban J connectivity index is 1.73. The van der Waals surface area contributed by atoms with Gasteiger partial charge in [0.15, 0.2) is 0 Å². The second kappa shape index (κ2) is 8.43. The molecule has 1 aliphatic carbocycles. The number of anilines is 4. The highest BCUT2D eigenvalue weighted by Gasteiger charge is 2.22. The van der Waals surface area contributed by atoms with Gasteiger partial charge in [0.1, 0.15) is 6.20 Å². The largest absolute Gasteiger partial charge is 0.395 e. The van der Waals surface area contributed by atoms with Crippen LogP contribution in [-0.4, -0.2) is 39.2 Å². The summed E-state index contributed by atoms with van der Waals surface area (Å²) in [6.07, 6.45) is 5.46. The van der Waals surface area contributed by atoms with Gasteiger partial charge in [-0.05, 0) is 37.1 Å². The summed E-state index contributed by atoms with van der Waals surface area (Å²) in [5.41, 5.74) is 1.53. The number of hydrogen-bond donors (Lipinski definition) is 4. The lowest BCUT2D eigenvalue weighted by atomic mass is 10.2. The molecule has 9 nitrogen and oxygen atoms in total. The van der Waals surface area contributed by atoms with E-state index in [-0.39, 0.29) is 24.2 Å². The lowest BCUT2D eigenvalue weighted by Gasteiger charge is -2.13. The number of nitro groups is 1. The highest BCUT2D eigenvalue weighted by Crippen LogP contribution is 2.28. The number of aromatic nitrogens is 2. The highest BCUT2D eigenvalue weighted by molar-refractivity contribution is 5.62. The number of nitrogens with zero attached hydrogens (tertiary/aromatic N) is 3. The summed E-state index contributed by atoms with van der Waals surface area (Å²) in [5.74, 6) is 0.549. The van der Waals surface area contributed by atoms with E-state index in [9.17, 15) is 10.1 Å². The number of rotatable bonds is 8. The summed E-state index contributed by atoms with van der Waals surface area (Å²) in [6.45, 7) is 0.543. The summed E-state index contributed by atoms with van der Waals surface area (Å²) in [7, 11) is 0. The fraction of sp³-hybridized carbons (Fsp3) is 0.412. The normalized spacial score (nSPS) is 14.2. The number of nitrogens with one attached hydrogen (secondary N) is 3. The van der Waals surface area contributed by atoms with Crippen LogP contribution < -0.4 is 16.0 Å². The molecule has 1 fully saturated rings. The third-order valence-electron chi connectivity index (χ3n) is 4.24. The van der Waals surface area contributed by atoms with Gasteiger partial charge in [0.25, 0.3) is 0 Å². The van der Waals surface area contributed by atoms with Gasteiger partial charge in [-0.2, -0.15) is 4.98 Å². The van der Waals surface area contributed by atoms with Crippen molar-refractivity contribution in [1.29, 1.82) is 0 Å². The van der Waals surface area contributed by atoms with Crippen molar-refractivity contribution in [2.45, 2.75) is 31.7 Å². The molecule has 1 aliphatic rings. The Morgan fingerprint density at radius 1 is 1.19 bits per heavy atom. The summed E-state index contributed by atoms with van der Waals surface area (Å²) < 4.78 is 0. The zero-order valence-electron chi connectivity index (χ0n) is 14.3. The molecule has 0 radical (unpaired) electrons. The maximum atomic E-state index is 11.2. The molecule has 1 saturated carbocycles. The molecule has 26 heavy (non-hydrogen) atoms. The Kier molecular flexibility index (Phi) is 5.80. The van der Waals surface area contributed by atoms with E-state index in [1.807, 2.05) is 24.3 Å². The fourth-order valence-electron chi connectivity index (χ4n) is 2.94. The monoisotopic (exact) mass is 358 g/mol. The average Bonchev–Trinajstić information content (AvgIpc) is 3.14. The van der Waals surface area contributed by atoms with Gasteiger partial charge < -0.3 is 21.1 Å². The smallest absolute Gasteiger partial charge is 0.329 e. The van der Waals surface area contributed by atoms with E-state index in [0.29, 0.717) is 12.5 Å². The minimum atomic E-state index is -0.470. The fourth-order valence-corrected chi connectivity index (χ4v) is 2.94. The van der Waals surface area contributed by atoms with Crippen molar-refractivity contribution in [3.63, 3.8) is 0 Å². The van der Waals surface area contributed by atoms with Crippen molar-refractivity contribution in [3.8, 4) is 0 Å². The Bertz CT molecular complexity index is 747. The third-order valence-corrected chi connectivity index (χ3v) is 4.24. The molecule has 3 rings (SSSR count). The molecule has 1 aromatic carbocycles. The first kappa shape index (κ1) is 17.9. The molecule has 0 unspecified atom stereocenters. The first-order chi connectivity index (χ1) is 12.7. The van der Waals surface area contributed by atoms with Crippen molar-refractivity contribution < 1.29 is 10.0 Å². The van der Waals surface area contributed by atoms with E-state index in [1.165, 1.54) is 6.20 Å². The van der Waals surface area contributed by atoms with Crippen LogP contribution >= 0.6 is 0 Å². The van der Waals surface area contributed by atoms with Crippen molar-refractivity contribution in [2.75, 3.05) is 29.1 Å². The predicted octanol–water partition coefficient (Wildman–Crippen LogP) is 2.89. The first-order valence-electron chi connectivity index (χ1n) is 8.65. The van der Waals surface area contributed by atoms with Crippen molar-refractivity contribution in [1.82, 2.24) is 9.97 Å². The second-order valence-corrected chi connectivity index (χ2v) is 6.16. The maximum Gasteiger partial charge on any atom is 0.329 e. The van der Waals surface area contributed by atoms with Crippen LogP contribution in [0, 0.1) is 10.1 Å². The molecule has 4 N–H and O–H groups in total. The number of hydrogen-bond acceptors (Lipinski definition) is 8. The summed E-state index contributed by atoms with van der Waals surface area (Å²) in [4.78, 5) is 19.1. The van der Waals surface area contributed by atoms with E-state index in [4.69, 9.17) is 5.11 Å². The van der Waals surface area contributed by atoms with Gasteiger partial charge in [0, 0.05) is 24.0 Å². The third kappa shape index (κ3) is 4.57. The minimum Gasteiger partial charge on any atom is -0.395 e. The van der Waals surface area contributed by atoms with Crippen LogP contribution in [0.3, 0.4) is 0 Å². The zero-order chi connectivity index (χ0) is 18.4. The van der Waals surface area contributed by atoms with Crippen molar-refractivity contribution >= 4 is 28.8 Å². The zero-order valence-corrected chi connectivity index (χ0v) is 14.3. The van der Waals surface area contributed by atoms with Gasteiger partial charge in [-0.25, -0.2) is 4.98 Å². The van der Waals surface area contributed by atoms with Crippen LogP contribution in [0.5, 0.6) is 0 Å². The number of aliphatic hydroxyl groups excluding tert-OH is 1. The Labute approximate surface area is 151 Å². The van der Waals surface area contributed by atoms with E-state index in [1.54, 1.807) is 0 Å². The van der Waals surface area contributed by atoms with Crippen LogP contribution in [0.2, 0.25) is 0 Å². The van der Waals surface area contributed by atoms with Crippen LogP contribution in [0.15, 0.2) is 30.5 Å². The molecule has 0 amide bonds. The SMILES string of the molecule is O=[N+]([O-])c1cnc(Nc2ccc(NCCO)cc2)nc1NC1CCCC1. The molecule has 0 aliphatic heterocycles. The van der Waals surface area contributed by atoms with Crippen LogP contribution in [0.1, 0.15) is 25.7 Å². The van der Waals surface area contributed by atoms with Crippen LogP contribution in [0.25, 0.3) is 0 Å². The van der Waals surface area contributed by atoms with Gasteiger partial charge in [-0.15, -0.1) is 0 Å². The Hall–Kier alpha value is -2.94. The molecule has 0 atom stereocenters. The lowest BCUT2D eigenvalue weighted by Crippen LogP contribution is -2.17. The number of benzene rings is 1. The molecule has 138 valence electrons. The summed E-state index contributed by atoms with van der Waals surface area (Å²) >= 11 is 0. The molecular formula is C17H22N6O3. The van der Waals surface area contributed by atoms with Gasteiger partial charge >= 0.3 is 5.69 Å². The summed E-state index contributed by atoms with van der Waals surface area (Å²) in [6, 6.07) is 7.62. The van der Waals surface area contributed by atoms with E-state index in [0.717, 1.165) is 37.1 Å². The molecule has 0 spiro atoms. The van der Waals surface area contributed by atoms with Crippen molar-refractivity contribution in [3.05, 3.63) is 40.6 Å². The quantitative estimate of drug-likeness (QED) is 0.419. The minimum absolute atomic E-state index is 0.0629. The maximum absolute atomic E-state index is 11.2. The Morgan fingerprint density at radius 3 is 2.54 bits per heavy atom. The van der Waals surface area contributed by atoms with E-state index < -0.39 is 4.92 Å². The second-order valence-electron chi connectivity index (χ2n) is 6.16. The summed E-state index contributed by atoms with van der Waals surface area (Å²) in [5, 5.41) is 29.4. The van der Waals surface area contributed by atoms with Gasteiger partial charge in [0.2, 0.25) is 11.8 Å². The number of aliphatic hydroxyl groups is 1. The molecule has 1 heterocycles. The van der Waals surface area contributed by atoms with Crippen LogP contribution in [0.4, 0.5) is 28.8 Å². The van der Waals surface area contributed by atoms with Gasteiger partial charge in [0.05, 0.1) is 11.5 Å². The first-order valence-corrected chi connectivity index (χ1v) is 8.65. The van der Waals surface area contributed by atoms with Gasteiger partial charge in [-0.1, -0.05) is 12.8 Å². The van der Waals surface area contributed by atoms with Gasteiger partial charge in [-0.3, -0.25) is 10.1 Å². The molecule has 9 heteroatoms. The topological polar surface area (TPSA) is 125 Å². The standard InChI is InChI=1S/C17H22N6O3/c24-10-9-18-12-5-7-14(8-6-12)21-17-19-11-15(23(25)26)16(22-17)20-13-3-1-2-4-13/h5-8,11,13,18,24H,1-4,9-10H2,(H2,19,20,21,22). The van der Waals surface area contributed by atoms with E-state index in [2.05, 4.69) is 25.9 Å².